The van der Waals surface area contributed by atoms with Crippen molar-refractivity contribution in [1.29, 1.82) is 0 Å². The van der Waals surface area contributed by atoms with Gasteiger partial charge in [-0.25, -0.2) is 9.97 Å². The summed E-state index contributed by atoms with van der Waals surface area (Å²) in [6.45, 7) is 11.4. The van der Waals surface area contributed by atoms with E-state index >= 15 is 0 Å². The second-order valence-corrected chi connectivity index (χ2v) is 8.14. The van der Waals surface area contributed by atoms with Crippen molar-refractivity contribution in [2.75, 3.05) is 19.0 Å². The van der Waals surface area contributed by atoms with Gasteiger partial charge in [0, 0.05) is 35.9 Å². The van der Waals surface area contributed by atoms with Crippen LogP contribution in [0.2, 0.25) is 0 Å². The van der Waals surface area contributed by atoms with E-state index in [9.17, 15) is 4.39 Å². The summed E-state index contributed by atoms with van der Waals surface area (Å²) in [6, 6.07) is 26.7. The highest BCUT2D eigenvalue weighted by molar-refractivity contribution is 5.68. The molecule has 4 aromatic rings. The summed E-state index contributed by atoms with van der Waals surface area (Å²) < 4.78 is 9.50. The highest BCUT2D eigenvalue weighted by Crippen LogP contribution is 2.22. The second-order valence-electron chi connectivity index (χ2n) is 8.14. The minimum Gasteiger partial charge on any atom is -0.385 e. The van der Waals surface area contributed by atoms with Gasteiger partial charge in [0.25, 0.3) is 0 Å². The maximum absolute atomic E-state index is 9.50. The van der Waals surface area contributed by atoms with Crippen LogP contribution >= 0.6 is 0 Å². The van der Waals surface area contributed by atoms with Gasteiger partial charge in [-0.3, -0.25) is 4.39 Å². The number of allylic oxidation sites excluding steroid dienone is 1. The summed E-state index contributed by atoms with van der Waals surface area (Å²) in [6.07, 6.45) is 5.53. The topological polar surface area (TPSA) is 49.8 Å². The maximum Gasteiger partial charge on any atom is 0.227 e. The Morgan fingerprint density at radius 3 is 2.25 bits per heavy atom. The molecule has 4 rings (SSSR count). The molecule has 0 saturated carbocycles. The van der Waals surface area contributed by atoms with E-state index in [0.717, 1.165) is 47.5 Å². The van der Waals surface area contributed by atoms with Crippen LogP contribution in [0.3, 0.4) is 0 Å². The predicted molar refractivity (Wildman–Crippen MR) is 151 cm³/mol. The molecular formula is C31H33FN4. The minimum absolute atomic E-state index is 0.500. The van der Waals surface area contributed by atoms with Gasteiger partial charge >= 0.3 is 0 Å². The van der Waals surface area contributed by atoms with E-state index < -0.39 is 0 Å². The van der Waals surface area contributed by atoms with E-state index in [0.29, 0.717) is 13.1 Å². The molecule has 0 aliphatic heterocycles. The van der Waals surface area contributed by atoms with Crippen LogP contribution in [0.4, 0.5) is 16.0 Å². The summed E-state index contributed by atoms with van der Waals surface area (Å²) in [4.78, 5) is 8.94. The molecule has 184 valence electrons. The quantitative estimate of drug-likeness (QED) is 0.244. The number of hydrogen-bond donors (Lipinski definition) is 2. The van der Waals surface area contributed by atoms with Crippen LogP contribution in [0.25, 0.3) is 22.4 Å². The molecule has 0 saturated heterocycles. The van der Waals surface area contributed by atoms with Gasteiger partial charge in [0.2, 0.25) is 5.95 Å². The van der Waals surface area contributed by atoms with E-state index in [4.69, 9.17) is 0 Å². The molecule has 2 N–H and O–H groups in total. The lowest BCUT2D eigenvalue weighted by atomic mass is 9.97. The lowest BCUT2D eigenvalue weighted by molar-refractivity contribution is 0.636. The summed E-state index contributed by atoms with van der Waals surface area (Å²) in [5.74, 6) is 0.558. The molecule has 5 heteroatoms. The first-order valence-corrected chi connectivity index (χ1v) is 12.0. The zero-order chi connectivity index (χ0) is 25.8. The van der Waals surface area contributed by atoms with Crippen molar-refractivity contribution in [2.45, 2.75) is 19.8 Å². The number of halogens is 1. The van der Waals surface area contributed by atoms with E-state index in [1.54, 1.807) is 0 Å². The minimum atomic E-state index is 0.500. The van der Waals surface area contributed by atoms with Crippen molar-refractivity contribution in [3.8, 4) is 11.1 Å². The van der Waals surface area contributed by atoms with Crippen LogP contribution in [0, 0.1) is 0 Å². The monoisotopic (exact) mass is 480 g/mol. The third kappa shape index (κ3) is 7.12. The smallest absolute Gasteiger partial charge is 0.227 e. The standard InChI is InChI=1S/C30H30N4.CH3F/c1-4-22(2)29-16-9-8-13-25(29)17-18-31-23(3)26-14-10-15-28(19-26)34-30-32-20-27(21-33-30)24-11-6-5-7-12-24;1-2/h5-16,19-21,31H,2-4,17-18H2,1H3,(H,32,33,34);1H3. The Balaban J connectivity index is 0.00000176. The zero-order valence-corrected chi connectivity index (χ0v) is 21.0. The van der Waals surface area contributed by atoms with Crippen molar-refractivity contribution in [3.05, 3.63) is 121 Å². The molecule has 0 unspecified atom stereocenters. The Hall–Kier alpha value is -4.25. The normalized spacial score (nSPS) is 10.1. The van der Waals surface area contributed by atoms with Gasteiger partial charge in [-0.1, -0.05) is 86.8 Å². The average molecular weight is 481 g/mol. The molecule has 0 amide bonds. The fourth-order valence-electron chi connectivity index (χ4n) is 3.81. The first-order valence-electron chi connectivity index (χ1n) is 12.0. The van der Waals surface area contributed by atoms with Gasteiger partial charge < -0.3 is 10.6 Å². The largest absolute Gasteiger partial charge is 0.385 e. The van der Waals surface area contributed by atoms with Crippen LogP contribution in [-0.2, 0) is 6.42 Å². The number of anilines is 2. The van der Waals surface area contributed by atoms with Crippen LogP contribution in [0.1, 0.15) is 30.0 Å². The van der Waals surface area contributed by atoms with Crippen molar-refractivity contribution in [3.63, 3.8) is 0 Å². The number of aromatic nitrogens is 2. The Kier molecular flexibility index (Phi) is 9.95. The summed E-state index contributed by atoms with van der Waals surface area (Å²) in [5, 5.41) is 6.75. The Bertz CT molecular complexity index is 1270. The van der Waals surface area contributed by atoms with Crippen LogP contribution in [-0.4, -0.2) is 23.7 Å². The number of benzene rings is 3. The zero-order valence-electron chi connectivity index (χ0n) is 21.0. The highest BCUT2D eigenvalue weighted by atomic mass is 19.1. The van der Waals surface area contributed by atoms with Crippen LogP contribution in [0.15, 0.2) is 104 Å². The third-order valence-electron chi connectivity index (χ3n) is 5.78. The van der Waals surface area contributed by atoms with Crippen LogP contribution in [0.5, 0.6) is 0 Å². The van der Waals surface area contributed by atoms with Gasteiger partial charge in [-0.2, -0.15) is 0 Å². The molecule has 0 bridgehead atoms. The van der Waals surface area contributed by atoms with Gasteiger partial charge in [0.05, 0.1) is 7.18 Å². The maximum atomic E-state index is 9.50. The molecule has 0 aliphatic rings. The molecule has 0 radical (unpaired) electrons. The second kappa shape index (κ2) is 13.6. The molecule has 1 heterocycles. The fraction of sp³-hybridized carbons (Fsp3) is 0.161. The van der Waals surface area contributed by atoms with Crippen molar-refractivity contribution in [2.24, 2.45) is 0 Å². The van der Waals surface area contributed by atoms with Gasteiger partial charge in [-0.05, 0) is 52.8 Å². The molecule has 0 spiro atoms. The number of rotatable bonds is 10. The lowest BCUT2D eigenvalue weighted by Crippen LogP contribution is -2.15. The number of nitrogens with zero attached hydrogens (tertiary/aromatic N) is 2. The Morgan fingerprint density at radius 1 is 0.833 bits per heavy atom. The van der Waals surface area contributed by atoms with E-state index in [1.165, 1.54) is 16.7 Å². The Morgan fingerprint density at radius 2 is 1.53 bits per heavy atom. The van der Waals surface area contributed by atoms with E-state index in [-0.39, 0.29) is 0 Å². The summed E-state index contributed by atoms with van der Waals surface area (Å²) >= 11 is 0. The van der Waals surface area contributed by atoms with Crippen molar-refractivity contribution >= 4 is 22.9 Å². The molecule has 3 aromatic carbocycles. The van der Waals surface area contributed by atoms with E-state index in [1.807, 2.05) is 60.9 Å². The average Bonchev–Trinajstić information content (AvgIpc) is 2.95. The highest BCUT2D eigenvalue weighted by Gasteiger charge is 2.06. The first kappa shape index (κ1) is 26.4. The molecule has 0 atom stereocenters. The SMILES string of the molecule is C=C(NCCc1ccccc1C(=C)CC)c1cccc(Nc2ncc(-c3ccccc3)cn2)c1.CF. The predicted octanol–water partition coefficient (Wildman–Crippen LogP) is 7.70. The Labute approximate surface area is 213 Å². The molecule has 0 fully saturated rings. The van der Waals surface area contributed by atoms with Crippen molar-refractivity contribution in [1.82, 2.24) is 15.3 Å². The van der Waals surface area contributed by atoms with Crippen molar-refractivity contribution < 1.29 is 4.39 Å². The third-order valence-corrected chi connectivity index (χ3v) is 5.78. The molecule has 36 heavy (non-hydrogen) atoms. The molecule has 0 aliphatic carbocycles. The fourth-order valence-corrected chi connectivity index (χ4v) is 3.81. The first-order chi connectivity index (χ1) is 17.6. The molecule has 4 nitrogen and oxygen atoms in total. The summed E-state index contributed by atoms with van der Waals surface area (Å²) in [5.41, 5.74) is 8.64. The number of hydrogen-bond acceptors (Lipinski definition) is 4. The van der Waals surface area contributed by atoms with Gasteiger partial charge in [0.15, 0.2) is 0 Å². The van der Waals surface area contributed by atoms with Crippen LogP contribution < -0.4 is 10.6 Å². The van der Waals surface area contributed by atoms with Gasteiger partial charge in [-0.15, -0.1) is 0 Å². The van der Waals surface area contributed by atoms with E-state index in [2.05, 4.69) is 71.0 Å². The number of nitrogens with one attached hydrogen (secondary N) is 2. The molecular weight excluding hydrogens is 447 g/mol. The van der Waals surface area contributed by atoms with Gasteiger partial charge in [0.1, 0.15) is 0 Å². The summed E-state index contributed by atoms with van der Waals surface area (Å²) in [7, 11) is 0.500. The lowest BCUT2D eigenvalue weighted by Gasteiger charge is -2.14. The number of alkyl halides is 1. The molecule has 1 aromatic heterocycles.